The molecule has 0 spiro atoms. The van der Waals surface area contributed by atoms with E-state index in [2.05, 4.69) is 46.7 Å². The molecule has 0 saturated carbocycles. The van der Waals surface area contributed by atoms with Gasteiger partial charge in [-0.1, -0.05) is 6.07 Å². The number of aromatic amines is 2. The van der Waals surface area contributed by atoms with E-state index in [9.17, 15) is 0 Å². The first-order valence-electron chi connectivity index (χ1n) is 6.86. The van der Waals surface area contributed by atoms with Crippen molar-refractivity contribution >= 4 is 28.3 Å². The van der Waals surface area contributed by atoms with Crippen LogP contribution in [-0.4, -0.2) is 36.4 Å². The molecule has 4 heterocycles. The Morgan fingerprint density at radius 1 is 1.09 bits per heavy atom. The van der Waals surface area contributed by atoms with Crippen molar-refractivity contribution in [3.63, 3.8) is 0 Å². The van der Waals surface area contributed by atoms with E-state index >= 15 is 0 Å². The van der Waals surface area contributed by atoms with Gasteiger partial charge < -0.3 is 15.3 Å². The van der Waals surface area contributed by atoms with Crippen LogP contribution in [0.25, 0.3) is 21.7 Å². The van der Waals surface area contributed by atoms with Gasteiger partial charge in [-0.25, -0.2) is 19.9 Å². The molecular formula is C14H13N7S. The second-order valence-corrected chi connectivity index (χ2v) is 5.65. The van der Waals surface area contributed by atoms with Crippen molar-refractivity contribution in [1.29, 1.82) is 0 Å². The number of hydrogen-bond donors (Lipinski definition) is 3. The van der Waals surface area contributed by atoms with E-state index in [1.54, 1.807) is 24.0 Å². The van der Waals surface area contributed by atoms with Crippen LogP contribution in [0.3, 0.4) is 0 Å². The summed E-state index contributed by atoms with van der Waals surface area (Å²) in [7, 11) is 0. The summed E-state index contributed by atoms with van der Waals surface area (Å²) >= 11 is 1.69. The lowest BCUT2D eigenvalue weighted by atomic mass is 10.2. The summed E-state index contributed by atoms with van der Waals surface area (Å²) in [5.74, 6) is 0.764. The molecule has 0 aliphatic rings. The fourth-order valence-corrected chi connectivity index (χ4v) is 3.09. The maximum atomic E-state index is 4.41. The highest BCUT2D eigenvalue weighted by Gasteiger charge is 2.10. The van der Waals surface area contributed by atoms with Gasteiger partial charge in [0, 0.05) is 18.7 Å². The van der Waals surface area contributed by atoms with Crippen LogP contribution in [0, 0.1) is 0 Å². The second-order valence-electron chi connectivity index (χ2n) is 4.71. The average molecular weight is 311 g/mol. The van der Waals surface area contributed by atoms with E-state index < -0.39 is 0 Å². The Morgan fingerprint density at radius 3 is 2.95 bits per heavy atom. The minimum Gasteiger partial charge on any atom is -0.368 e. The molecule has 0 atom stereocenters. The number of H-pyrrole nitrogens is 2. The van der Waals surface area contributed by atoms with Crippen molar-refractivity contribution in [2.75, 3.05) is 11.9 Å². The third-order valence-electron chi connectivity index (χ3n) is 3.36. The predicted molar refractivity (Wildman–Crippen MR) is 85.8 cm³/mol. The van der Waals surface area contributed by atoms with Crippen molar-refractivity contribution < 1.29 is 0 Å². The molecular weight excluding hydrogens is 298 g/mol. The second kappa shape index (κ2) is 5.57. The summed E-state index contributed by atoms with van der Waals surface area (Å²) in [5.41, 5.74) is 3.62. The van der Waals surface area contributed by atoms with Crippen LogP contribution in [0.2, 0.25) is 0 Å². The number of nitrogens with zero attached hydrogens (tertiary/aromatic N) is 4. The topological polar surface area (TPSA) is 95.2 Å². The molecule has 4 aromatic heterocycles. The minimum absolute atomic E-state index is 0.665. The summed E-state index contributed by atoms with van der Waals surface area (Å²) in [4.78, 5) is 24.3. The lowest BCUT2D eigenvalue weighted by Crippen LogP contribution is -2.08. The Kier molecular flexibility index (Phi) is 3.28. The van der Waals surface area contributed by atoms with E-state index in [1.165, 1.54) is 11.2 Å². The van der Waals surface area contributed by atoms with E-state index in [0.717, 1.165) is 35.7 Å². The molecule has 7 nitrogen and oxygen atoms in total. The highest BCUT2D eigenvalue weighted by atomic mass is 32.1. The molecule has 8 heteroatoms. The normalized spacial score (nSPS) is 11.1. The minimum atomic E-state index is 0.665. The number of nitrogens with one attached hydrogen (secondary N) is 3. The van der Waals surface area contributed by atoms with Gasteiger partial charge >= 0.3 is 0 Å². The maximum absolute atomic E-state index is 4.41. The molecule has 0 fully saturated rings. The van der Waals surface area contributed by atoms with Gasteiger partial charge in [-0.05, 0) is 11.4 Å². The number of rotatable bonds is 5. The number of anilines is 1. The van der Waals surface area contributed by atoms with Crippen molar-refractivity contribution in [3.05, 3.63) is 42.2 Å². The molecule has 0 bridgehead atoms. The summed E-state index contributed by atoms with van der Waals surface area (Å²) in [6.45, 7) is 0.742. The molecule has 0 saturated heterocycles. The zero-order valence-electron chi connectivity index (χ0n) is 11.6. The Hall–Kier alpha value is -2.74. The Labute approximate surface area is 129 Å². The van der Waals surface area contributed by atoms with Crippen molar-refractivity contribution in [3.8, 4) is 10.6 Å². The van der Waals surface area contributed by atoms with Crippen LogP contribution < -0.4 is 5.32 Å². The molecule has 22 heavy (non-hydrogen) atoms. The van der Waals surface area contributed by atoms with Crippen LogP contribution in [-0.2, 0) is 6.42 Å². The molecule has 4 rings (SSSR count). The lowest BCUT2D eigenvalue weighted by Gasteiger charge is -2.06. The van der Waals surface area contributed by atoms with E-state index in [0.29, 0.717) is 5.65 Å². The molecule has 0 aliphatic heterocycles. The van der Waals surface area contributed by atoms with Gasteiger partial charge in [-0.2, -0.15) is 0 Å². The fourth-order valence-electron chi connectivity index (χ4n) is 2.34. The summed E-state index contributed by atoms with van der Waals surface area (Å²) in [6.07, 6.45) is 5.70. The molecule has 0 radical (unpaired) electrons. The third-order valence-corrected chi connectivity index (χ3v) is 4.24. The van der Waals surface area contributed by atoms with E-state index in [-0.39, 0.29) is 0 Å². The highest BCUT2D eigenvalue weighted by molar-refractivity contribution is 7.13. The van der Waals surface area contributed by atoms with Crippen molar-refractivity contribution in [1.82, 2.24) is 29.9 Å². The van der Waals surface area contributed by atoms with Crippen LogP contribution in [0.1, 0.15) is 5.69 Å². The largest absolute Gasteiger partial charge is 0.368 e. The number of imidazole rings is 2. The van der Waals surface area contributed by atoms with Crippen LogP contribution in [0.4, 0.5) is 5.82 Å². The van der Waals surface area contributed by atoms with Gasteiger partial charge in [0.25, 0.3) is 0 Å². The standard InChI is InChI=1S/C14H13N7S/c1-2-10(22-5-1)11-9(16-6-17-11)3-4-15-13-12-14(19-7-18-12)21-8-20-13/h1-2,5-8H,3-4H2,(H,16,17)(H2,15,18,19,20,21). The van der Waals surface area contributed by atoms with Crippen molar-refractivity contribution in [2.45, 2.75) is 6.42 Å². The SMILES string of the molecule is c1csc(-c2nc[nH]c2CCNc2ncnc3nc[nH]c23)c1. The zero-order chi connectivity index (χ0) is 14.8. The fraction of sp³-hybridized carbons (Fsp3) is 0.143. The van der Waals surface area contributed by atoms with Gasteiger partial charge in [-0.15, -0.1) is 11.3 Å². The molecule has 0 aromatic carbocycles. The average Bonchev–Trinajstić information content (AvgIpc) is 3.28. The predicted octanol–water partition coefficient (Wildman–Crippen LogP) is 2.46. The first-order valence-corrected chi connectivity index (χ1v) is 7.74. The molecule has 0 amide bonds. The summed E-state index contributed by atoms with van der Waals surface area (Å²) < 4.78 is 0. The Balaban J connectivity index is 1.48. The summed E-state index contributed by atoms with van der Waals surface area (Å²) in [5, 5.41) is 5.38. The van der Waals surface area contributed by atoms with Crippen molar-refractivity contribution in [2.24, 2.45) is 0 Å². The van der Waals surface area contributed by atoms with Gasteiger partial charge in [0.1, 0.15) is 17.5 Å². The van der Waals surface area contributed by atoms with Crippen LogP contribution in [0.15, 0.2) is 36.5 Å². The Morgan fingerprint density at radius 2 is 2.05 bits per heavy atom. The van der Waals surface area contributed by atoms with Crippen LogP contribution in [0.5, 0.6) is 0 Å². The molecule has 0 aliphatic carbocycles. The number of hydrogen-bond acceptors (Lipinski definition) is 6. The van der Waals surface area contributed by atoms with Gasteiger partial charge in [0.2, 0.25) is 0 Å². The first-order chi connectivity index (χ1) is 10.9. The van der Waals surface area contributed by atoms with E-state index in [1.807, 2.05) is 6.07 Å². The van der Waals surface area contributed by atoms with Gasteiger partial charge in [-0.3, -0.25) is 0 Å². The number of aromatic nitrogens is 6. The number of thiophene rings is 1. The van der Waals surface area contributed by atoms with Crippen LogP contribution >= 0.6 is 11.3 Å². The Bertz CT molecular complexity index is 878. The molecule has 0 unspecified atom stereocenters. The highest BCUT2D eigenvalue weighted by Crippen LogP contribution is 2.25. The van der Waals surface area contributed by atoms with E-state index in [4.69, 9.17) is 0 Å². The zero-order valence-corrected chi connectivity index (χ0v) is 12.4. The third kappa shape index (κ3) is 2.33. The smallest absolute Gasteiger partial charge is 0.182 e. The number of fused-ring (bicyclic) bond motifs is 1. The monoisotopic (exact) mass is 311 g/mol. The first kappa shape index (κ1) is 13.0. The molecule has 110 valence electrons. The molecule has 3 N–H and O–H groups in total. The summed E-state index contributed by atoms with van der Waals surface area (Å²) in [6, 6.07) is 4.11. The van der Waals surface area contributed by atoms with Gasteiger partial charge in [0.05, 0.1) is 17.5 Å². The molecule has 4 aromatic rings. The lowest BCUT2D eigenvalue weighted by molar-refractivity contribution is 0.970. The van der Waals surface area contributed by atoms with Gasteiger partial charge in [0.15, 0.2) is 11.5 Å². The maximum Gasteiger partial charge on any atom is 0.182 e. The quantitative estimate of drug-likeness (QED) is 0.526.